The van der Waals surface area contributed by atoms with E-state index in [0.29, 0.717) is 29.2 Å². The molecule has 0 radical (unpaired) electrons. The van der Waals surface area contributed by atoms with E-state index < -0.39 is 22.5 Å². The molecule has 1 fully saturated rings. The molecule has 1 saturated heterocycles. The molecule has 2 unspecified atom stereocenters. The molecule has 0 bridgehead atoms. The van der Waals surface area contributed by atoms with E-state index in [9.17, 15) is 18.0 Å². The predicted octanol–water partition coefficient (Wildman–Crippen LogP) is 1.34. The maximum Gasteiger partial charge on any atom is 0.269 e. The number of carbonyl (C=O) groups excluding carboxylic acids is 2. The fourth-order valence-corrected chi connectivity index (χ4v) is 4.99. The summed E-state index contributed by atoms with van der Waals surface area (Å²) in [5.74, 6) is -0.170. The lowest BCUT2D eigenvalue weighted by molar-refractivity contribution is -0.133. The van der Waals surface area contributed by atoms with Gasteiger partial charge in [0.2, 0.25) is 5.91 Å². The van der Waals surface area contributed by atoms with Gasteiger partial charge in [0.15, 0.2) is 0 Å². The number of sulfonamides is 1. The van der Waals surface area contributed by atoms with Gasteiger partial charge in [0.25, 0.3) is 15.9 Å². The molecule has 2 aliphatic rings. The minimum atomic E-state index is -3.92. The molecule has 0 aromatic heterocycles. The molecule has 2 aliphatic heterocycles. The maximum atomic E-state index is 12.5. The molecule has 0 aliphatic carbocycles. The first-order valence-corrected chi connectivity index (χ1v) is 9.18. The lowest BCUT2D eigenvalue weighted by atomic mass is 9.92. The summed E-state index contributed by atoms with van der Waals surface area (Å²) in [5.41, 5.74) is 0.140. The molecule has 3 rings (SSSR count). The molecule has 0 spiro atoms. The summed E-state index contributed by atoms with van der Waals surface area (Å²) in [6.45, 7) is 4.94. The Labute approximate surface area is 136 Å². The number of hydrogen-bond donors (Lipinski definition) is 0. The van der Waals surface area contributed by atoms with Crippen LogP contribution in [-0.2, 0) is 14.8 Å². The predicted molar refractivity (Wildman–Crippen MR) is 84.2 cm³/mol. The SMILES string of the molecule is CC1CC(C)CN(C(=O)CN2C(=O)c3ccccc3S2(=O)=O)C1. The molecular formula is C16H20N2O4S. The van der Waals surface area contributed by atoms with Crippen LogP contribution in [0.3, 0.4) is 0 Å². The Kier molecular flexibility index (Phi) is 3.91. The molecule has 2 amide bonds. The topological polar surface area (TPSA) is 74.8 Å². The second kappa shape index (κ2) is 5.63. The second-order valence-electron chi connectivity index (χ2n) is 6.56. The van der Waals surface area contributed by atoms with Crippen LogP contribution in [0, 0.1) is 11.8 Å². The van der Waals surface area contributed by atoms with Crippen LogP contribution in [0.1, 0.15) is 30.6 Å². The van der Waals surface area contributed by atoms with Crippen LogP contribution >= 0.6 is 0 Å². The molecular weight excluding hydrogens is 316 g/mol. The molecule has 1 aromatic rings. The van der Waals surface area contributed by atoms with Gasteiger partial charge in [-0.15, -0.1) is 0 Å². The molecule has 0 saturated carbocycles. The number of likely N-dealkylation sites (tertiary alicyclic amines) is 1. The van der Waals surface area contributed by atoms with Crippen LogP contribution in [0.25, 0.3) is 0 Å². The number of benzene rings is 1. The molecule has 7 heteroatoms. The molecule has 2 atom stereocenters. The molecule has 6 nitrogen and oxygen atoms in total. The van der Waals surface area contributed by atoms with Gasteiger partial charge in [-0.05, 0) is 30.4 Å². The molecule has 2 heterocycles. The standard InChI is InChI=1S/C16H20N2O4S/c1-11-7-12(2)9-17(8-11)15(19)10-18-16(20)13-5-3-4-6-14(13)23(18,21)22/h3-6,11-12H,7-10H2,1-2H3. The van der Waals surface area contributed by atoms with Crippen molar-refractivity contribution < 1.29 is 18.0 Å². The largest absolute Gasteiger partial charge is 0.341 e. The molecule has 124 valence electrons. The zero-order valence-corrected chi connectivity index (χ0v) is 14.0. The van der Waals surface area contributed by atoms with E-state index in [1.807, 2.05) is 0 Å². The minimum absolute atomic E-state index is 0.0156. The summed E-state index contributed by atoms with van der Waals surface area (Å²) in [6.07, 6.45) is 1.05. The van der Waals surface area contributed by atoms with Crippen molar-refractivity contribution in [3.05, 3.63) is 29.8 Å². The third-order valence-corrected chi connectivity index (χ3v) is 6.20. The average molecular weight is 336 g/mol. The Morgan fingerprint density at radius 3 is 2.39 bits per heavy atom. The van der Waals surface area contributed by atoms with Gasteiger partial charge in [0, 0.05) is 13.1 Å². The van der Waals surface area contributed by atoms with Gasteiger partial charge in [-0.3, -0.25) is 9.59 Å². The van der Waals surface area contributed by atoms with Gasteiger partial charge in [-0.25, -0.2) is 12.7 Å². The highest BCUT2D eigenvalue weighted by molar-refractivity contribution is 7.90. The van der Waals surface area contributed by atoms with E-state index in [4.69, 9.17) is 0 Å². The zero-order valence-electron chi connectivity index (χ0n) is 13.2. The highest BCUT2D eigenvalue weighted by Gasteiger charge is 2.42. The maximum absolute atomic E-state index is 12.5. The summed E-state index contributed by atoms with van der Waals surface area (Å²) >= 11 is 0. The zero-order chi connectivity index (χ0) is 16.8. The summed E-state index contributed by atoms with van der Waals surface area (Å²) < 4.78 is 25.7. The van der Waals surface area contributed by atoms with E-state index in [1.165, 1.54) is 12.1 Å². The number of piperidine rings is 1. The lowest BCUT2D eigenvalue weighted by Crippen LogP contribution is -2.48. The van der Waals surface area contributed by atoms with Gasteiger partial charge in [0.1, 0.15) is 11.4 Å². The van der Waals surface area contributed by atoms with Crippen LogP contribution in [-0.4, -0.2) is 49.1 Å². The van der Waals surface area contributed by atoms with Crippen molar-refractivity contribution in [3.63, 3.8) is 0 Å². The van der Waals surface area contributed by atoms with Gasteiger partial charge in [-0.1, -0.05) is 26.0 Å². The quantitative estimate of drug-likeness (QED) is 0.817. The lowest BCUT2D eigenvalue weighted by Gasteiger charge is -2.35. The van der Waals surface area contributed by atoms with E-state index in [0.717, 1.165) is 6.42 Å². The van der Waals surface area contributed by atoms with Gasteiger partial charge in [-0.2, -0.15) is 0 Å². The molecule has 0 N–H and O–H groups in total. The Morgan fingerprint density at radius 1 is 1.17 bits per heavy atom. The van der Waals surface area contributed by atoms with E-state index in [-0.39, 0.29) is 16.4 Å². The summed E-state index contributed by atoms with van der Waals surface area (Å²) in [7, 11) is -3.92. The first kappa shape index (κ1) is 16.0. The average Bonchev–Trinajstić information content (AvgIpc) is 2.68. The normalized spacial score (nSPS) is 26.3. The van der Waals surface area contributed by atoms with Crippen LogP contribution in [0.15, 0.2) is 29.2 Å². The number of nitrogens with zero attached hydrogens (tertiary/aromatic N) is 2. The Balaban J connectivity index is 1.81. The fraction of sp³-hybridized carbons (Fsp3) is 0.500. The Bertz CT molecular complexity index is 749. The third-order valence-electron chi connectivity index (χ3n) is 4.41. The van der Waals surface area contributed by atoms with Crippen molar-refractivity contribution in [2.75, 3.05) is 19.6 Å². The molecule has 23 heavy (non-hydrogen) atoms. The number of carbonyl (C=O) groups is 2. The van der Waals surface area contributed by atoms with E-state index >= 15 is 0 Å². The highest BCUT2D eigenvalue weighted by atomic mass is 32.2. The smallest absolute Gasteiger partial charge is 0.269 e. The van der Waals surface area contributed by atoms with Crippen LogP contribution in [0.2, 0.25) is 0 Å². The third kappa shape index (κ3) is 2.73. The van der Waals surface area contributed by atoms with Crippen molar-refractivity contribution in [2.45, 2.75) is 25.2 Å². The number of amides is 2. The van der Waals surface area contributed by atoms with Crippen molar-refractivity contribution in [2.24, 2.45) is 11.8 Å². The summed E-state index contributed by atoms with van der Waals surface area (Å²) in [4.78, 5) is 26.5. The van der Waals surface area contributed by atoms with Crippen LogP contribution in [0.5, 0.6) is 0 Å². The fourth-order valence-electron chi connectivity index (χ4n) is 3.48. The van der Waals surface area contributed by atoms with Gasteiger partial charge < -0.3 is 4.90 Å². The van der Waals surface area contributed by atoms with Crippen LogP contribution < -0.4 is 0 Å². The van der Waals surface area contributed by atoms with Crippen molar-refractivity contribution in [1.82, 2.24) is 9.21 Å². The van der Waals surface area contributed by atoms with Crippen molar-refractivity contribution in [3.8, 4) is 0 Å². The second-order valence-corrected chi connectivity index (χ2v) is 8.39. The van der Waals surface area contributed by atoms with E-state index in [1.54, 1.807) is 17.0 Å². The number of fused-ring (bicyclic) bond motifs is 1. The first-order valence-electron chi connectivity index (χ1n) is 7.74. The first-order chi connectivity index (χ1) is 10.8. The Hall–Kier alpha value is -1.89. The van der Waals surface area contributed by atoms with E-state index in [2.05, 4.69) is 13.8 Å². The Morgan fingerprint density at radius 2 is 1.78 bits per heavy atom. The van der Waals surface area contributed by atoms with Crippen molar-refractivity contribution in [1.29, 1.82) is 0 Å². The molecule has 1 aromatic carbocycles. The monoisotopic (exact) mass is 336 g/mol. The number of rotatable bonds is 2. The number of hydrogen-bond acceptors (Lipinski definition) is 4. The summed E-state index contributed by atoms with van der Waals surface area (Å²) in [5, 5.41) is 0. The van der Waals surface area contributed by atoms with Crippen LogP contribution in [0.4, 0.5) is 0 Å². The summed E-state index contributed by atoms with van der Waals surface area (Å²) in [6, 6.07) is 6.07. The van der Waals surface area contributed by atoms with Gasteiger partial charge >= 0.3 is 0 Å². The van der Waals surface area contributed by atoms with Crippen molar-refractivity contribution >= 4 is 21.8 Å². The minimum Gasteiger partial charge on any atom is -0.341 e. The highest BCUT2D eigenvalue weighted by Crippen LogP contribution is 2.30. The van der Waals surface area contributed by atoms with Gasteiger partial charge in [0.05, 0.1) is 5.56 Å².